The molecule has 0 saturated carbocycles. The van der Waals surface area contributed by atoms with Crippen LogP contribution in [0.4, 0.5) is 5.13 Å². The van der Waals surface area contributed by atoms with Gasteiger partial charge < -0.3 is 5.11 Å². The SMILES string of the molecule is Cc1sc(N2CC(O)CC2=O)nc1-c1ccc(Br)cc1. The van der Waals surface area contributed by atoms with Gasteiger partial charge in [-0.05, 0) is 19.1 Å². The summed E-state index contributed by atoms with van der Waals surface area (Å²) in [4.78, 5) is 19.0. The second-order valence-corrected chi connectivity index (χ2v) is 6.87. The molecule has 6 heteroatoms. The normalized spacial score (nSPS) is 18.9. The van der Waals surface area contributed by atoms with E-state index in [4.69, 9.17) is 0 Å². The summed E-state index contributed by atoms with van der Waals surface area (Å²) in [6.07, 6.45) is -0.394. The van der Waals surface area contributed by atoms with Crippen LogP contribution in [0.25, 0.3) is 11.3 Å². The molecule has 104 valence electrons. The summed E-state index contributed by atoms with van der Waals surface area (Å²) in [5.74, 6) is -0.0615. The van der Waals surface area contributed by atoms with E-state index in [1.807, 2.05) is 31.2 Å². The Morgan fingerprint density at radius 1 is 1.40 bits per heavy atom. The number of carbonyl (C=O) groups excluding carboxylic acids is 1. The minimum atomic E-state index is -0.581. The maximum Gasteiger partial charge on any atom is 0.231 e. The highest BCUT2D eigenvalue weighted by Crippen LogP contribution is 2.34. The zero-order valence-electron chi connectivity index (χ0n) is 10.8. The number of aliphatic hydroxyl groups excluding tert-OH is 1. The van der Waals surface area contributed by atoms with Crippen LogP contribution in [0.15, 0.2) is 28.7 Å². The van der Waals surface area contributed by atoms with Crippen molar-refractivity contribution >= 4 is 38.3 Å². The second-order valence-electron chi connectivity index (χ2n) is 4.77. The Balaban J connectivity index is 1.95. The van der Waals surface area contributed by atoms with E-state index in [1.54, 1.807) is 4.90 Å². The molecule has 1 aromatic heterocycles. The van der Waals surface area contributed by atoms with Gasteiger partial charge in [0.05, 0.1) is 24.8 Å². The molecule has 1 saturated heterocycles. The number of aliphatic hydroxyl groups is 1. The molecule has 0 bridgehead atoms. The van der Waals surface area contributed by atoms with Crippen molar-refractivity contribution in [1.29, 1.82) is 0 Å². The van der Waals surface area contributed by atoms with E-state index in [1.165, 1.54) is 11.3 Å². The molecule has 4 nitrogen and oxygen atoms in total. The number of benzene rings is 1. The number of anilines is 1. The first-order valence-corrected chi connectivity index (χ1v) is 7.87. The molecular weight excluding hydrogens is 340 g/mol. The van der Waals surface area contributed by atoms with Crippen LogP contribution >= 0.6 is 27.3 Å². The Morgan fingerprint density at radius 2 is 2.10 bits per heavy atom. The summed E-state index contributed by atoms with van der Waals surface area (Å²) in [6.45, 7) is 2.33. The highest BCUT2D eigenvalue weighted by atomic mass is 79.9. The summed E-state index contributed by atoms with van der Waals surface area (Å²) in [5, 5.41) is 10.2. The predicted octanol–water partition coefficient (Wildman–Crippen LogP) is 2.98. The van der Waals surface area contributed by atoms with Gasteiger partial charge in [0, 0.05) is 14.9 Å². The number of aromatic nitrogens is 1. The van der Waals surface area contributed by atoms with Gasteiger partial charge in [0.2, 0.25) is 5.91 Å². The number of hydrogen-bond donors (Lipinski definition) is 1. The highest BCUT2D eigenvalue weighted by molar-refractivity contribution is 9.10. The van der Waals surface area contributed by atoms with Crippen LogP contribution < -0.4 is 4.90 Å². The molecule has 1 amide bonds. The van der Waals surface area contributed by atoms with Crippen LogP contribution in [-0.4, -0.2) is 28.6 Å². The largest absolute Gasteiger partial charge is 0.391 e. The van der Waals surface area contributed by atoms with Gasteiger partial charge in [-0.2, -0.15) is 0 Å². The Labute approximate surface area is 129 Å². The third-order valence-electron chi connectivity index (χ3n) is 3.24. The number of aryl methyl sites for hydroxylation is 1. The molecule has 3 rings (SSSR count). The minimum absolute atomic E-state index is 0.0615. The van der Waals surface area contributed by atoms with Crippen molar-refractivity contribution in [3.05, 3.63) is 33.6 Å². The fourth-order valence-corrected chi connectivity index (χ4v) is 3.47. The van der Waals surface area contributed by atoms with Crippen LogP contribution in [0.1, 0.15) is 11.3 Å². The molecule has 1 N–H and O–H groups in total. The predicted molar refractivity (Wildman–Crippen MR) is 83.0 cm³/mol. The quantitative estimate of drug-likeness (QED) is 0.903. The van der Waals surface area contributed by atoms with Gasteiger partial charge >= 0.3 is 0 Å². The molecular formula is C14H13BrN2O2S. The molecule has 20 heavy (non-hydrogen) atoms. The van der Waals surface area contributed by atoms with Gasteiger partial charge in [-0.1, -0.05) is 28.1 Å². The van der Waals surface area contributed by atoms with E-state index in [0.29, 0.717) is 11.7 Å². The number of halogens is 1. The number of β-amino-alcohol motifs (C(OH)–C–C–N with tert-alkyl or cyclic N) is 1. The summed E-state index contributed by atoms with van der Waals surface area (Å²) in [7, 11) is 0. The van der Waals surface area contributed by atoms with E-state index < -0.39 is 6.10 Å². The van der Waals surface area contributed by atoms with E-state index in [-0.39, 0.29) is 12.3 Å². The molecule has 1 fully saturated rings. The summed E-state index contributed by atoms with van der Waals surface area (Å²) >= 11 is 4.90. The summed E-state index contributed by atoms with van der Waals surface area (Å²) in [6, 6.07) is 7.93. The van der Waals surface area contributed by atoms with Crippen molar-refractivity contribution in [2.75, 3.05) is 11.4 Å². The first-order chi connectivity index (χ1) is 9.54. The Kier molecular flexibility index (Phi) is 3.62. The maximum atomic E-state index is 11.8. The molecule has 1 atom stereocenters. The van der Waals surface area contributed by atoms with Gasteiger partial charge in [0.15, 0.2) is 5.13 Å². The molecule has 1 aliphatic rings. The van der Waals surface area contributed by atoms with Gasteiger partial charge in [0.1, 0.15) is 0 Å². The smallest absolute Gasteiger partial charge is 0.231 e. The van der Waals surface area contributed by atoms with Crippen molar-refractivity contribution in [2.24, 2.45) is 0 Å². The average molecular weight is 353 g/mol. The lowest BCUT2D eigenvalue weighted by molar-refractivity contribution is -0.117. The average Bonchev–Trinajstić information content (AvgIpc) is 2.93. The number of rotatable bonds is 2. The van der Waals surface area contributed by atoms with Gasteiger partial charge in [-0.3, -0.25) is 9.69 Å². The van der Waals surface area contributed by atoms with Crippen molar-refractivity contribution < 1.29 is 9.90 Å². The van der Waals surface area contributed by atoms with E-state index in [2.05, 4.69) is 20.9 Å². The third-order valence-corrected chi connectivity index (χ3v) is 4.76. The van der Waals surface area contributed by atoms with Crippen LogP contribution in [0.3, 0.4) is 0 Å². The summed E-state index contributed by atoms with van der Waals surface area (Å²) in [5.41, 5.74) is 1.92. The first kappa shape index (κ1) is 13.7. The topological polar surface area (TPSA) is 53.4 Å². The molecule has 0 spiro atoms. The first-order valence-electron chi connectivity index (χ1n) is 6.26. The lowest BCUT2D eigenvalue weighted by atomic mass is 10.1. The lowest BCUT2D eigenvalue weighted by Gasteiger charge is -2.10. The number of hydrogen-bond acceptors (Lipinski definition) is 4. The molecule has 2 heterocycles. The molecule has 1 unspecified atom stereocenters. The van der Waals surface area contributed by atoms with Crippen molar-refractivity contribution in [2.45, 2.75) is 19.4 Å². The monoisotopic (exact) mass is 352 g/mol. The van der Waals surface area contributed by atoms with Crippen LogP contribution in [0, 0.1) is 6.92 Å². The number of nitrogens with zero attached hydrogens (tertiary/aromatic N) is 2. The minimum Gasteiger partial charge on any atom is -0.391 e. The second kappa shape index (κ2) is 5.27. The fraction of sp³-hybridized carbons (Fsp3) is 0.286. The van der Waals surface area contributed by atoms with Gasteiger partial charge in [0.25, 0.3) is 0 Å². The number of amides is 1. The van der Waals surface area contributed by atoms with Crippen LogP contribution in [-0.2, 0) is 4.79 Å². The molecule has 1 aromatic carbocycles. The zero-order valence-corrected chi connectivity index (χ0v) is 13.2. The van der Waals surface area contributed by atoms with Crippen LogP contribution in [0.2, 0.25) is 0 Å². The maximum absolute atomic E-state index is 11.8. The van der Waals surface area contributed by atoms with Crippen molar-refractivity contribution in [3.8, 4) is 11.3 Å². The fourth-order valence-electron chi connectivity index (χ4n) is 2.25. The Hall–Kier alpha value is -1.24. The van der Waals surface area contributed by atoms with Crippen molar-refractivity contribution in [1.82, 2.24) is 4.98 Å². The third kappa shape index (κ3) is 2.51. The molecule has 0 aliphatic carbocycles. The van der Waals surface area contributed by atoms with Gasteiger partial charge in [-0.15, -0.1) is 11.3 Å². The standard InChI is InChI=1S/C14H13BrN2O2S/c1-8-13(9-2-4-10(15)5-3-9)16-14(20-8)17-7-11(18)6-12(17)19/h2-5,11,18H,6-7H2,1H3. The van der Waals surface area contributed by atoms with Crippen molar-refractivity contribution in [3.63, 3.8) is 0 Å². The van der Waals surface area contributed by atoms with Gasteiger partial charge in [-0.25, -0.2) is 4.98 Å². The van der Waals surface area contributed by atoms with E-state index >= 15 is 0 Å². The molecule has 1 aliphatic heterocycles. The van der Waals surface area contributed by atoms with Crippen LogP contribution in [0.5, 0.6) is 0 Å². The lowest BCUT2D eigenvalue weighted by Crippen LogP contribution is -2.24. The Morgan fingerprint density at radius 3 is 2.70 bits per heavy atom. The highest BCUT2D eigenvalue weighted by Gasteiger charge is 2.31. The Bertz CT molecular complexity index is 654. The number of carbonyl (C=O) groups is 1. The zero-order chi connectivity index (χ0) is 14.3. The van der Waals surface area contributed by atoms with E-state index in [0.717, 1.165) is 20.6 Å². The number of thiazole rings is 1. The summed E-state index contributed by atoms with van der Waals surface area (Å²) < 4.78 is 1.02. The van der Waals surface area contributed by atoms with E-state index in [9.17, 15) is 9.90 Å². The molecule has 0 radical (unpaired) electrons. The molecule has 2 aromatic rings.